The van der Waals surface area contributed by atoms with Crippen LogP contribution in [-0.2, 0) is 16.1 Å². The Morgan fingerprint density at radius 2 is 2.11 bits per heavy atom. The lowest BCUT2D eigenvalue weighted by atomic mass is 10.0. The van der Waals surface area contributed by atoms with Crippen LogP contribution in [0, 0.1) is 19.8 Å². The van der Waals surface area contributed by atoms with Crippen LogP contribution >= 0.6 is 0 Å². The van der Waals surface area contributed by atoms with Crippen molar-refractivity contribution in [3.8, 4) is 0 Å². The van der Waals surface area contributed by atoms with Gasteiger partial charge in [0.2, 0.25) is 5.89 Å². The number of esters is 1. The molecule has 0 aromatic carbocycles. The predicted octanol–water partition coefficient (Wildman–Crippen LogP) is 1.97. The van der Waals surface area contributed by atoms with Gasteiger partial charge in [0.05, 0.1) is 19.3 Å². The molecule has 1 aromatic rings. The Balaban J connectivity index is 2.58. The van der Waals surface area contributed by atoms with Crippen LogP contribution in [0.1, 0.15) is 37.6 Å². The van der Waals surface area contributed by atoms with Crippen LogP contribution in [0.5, 0.6) is 0 Å². The number of nitrogens with one attached hydrogen (secondary N) is 1. The van der Waals surface area contributed by atoms with E-state index < -0.39 is 0 Å². The standard InChI is InChI=1S/C13H22N2O3/c1-8(2)6-11(13(16)17-5)14-7-12-15-9(3)10(4)18-12/h8,11,14H,6-7H2,1-5H3. The third-order valence-corrected chi connectivity index (χ3v) is 2.77. The highest BCUT2D eigenvalue weighted by atomic mass is 16.5. The van der Waals surface area contributed by atoms with Crippen molar-refractivity contribution >= 4 is 5.97 Å². The van der Waals surface area contributed by atoms with Crippen LogP contribution in [0.4, 0.5) is 0 Å². The second-order valence-corrected chi connectivity index (χ2v) is 4.84. The zero-order valence-electron chi connectivity index (χ0n) is 11.7. The van der Waals surface area contributed by atoms with Gasteiger partial charge >= 0.3 is 5.97 Å². The van der Waals surface area contributed by atoms with Gasteiger partial charge < -0.3 is 9.15 Å². The summed E-state index contributed by atoms with van der Waals surface area (Å²) in [7, 11) is 1.40. The molecule has 1 aromatic heterocycles. The molecular formula is C13H22N2O3. The molecule has 5 heteroatoms. The molecule has 0 saturated carbocycles. The van der Waals surface area contributed by atoms with E-state index in [1.807, 2.05) is 13.8 Å². The molecule has 0 aliphatic rings. The summed E-state index contributed by atoms with van der Waals surface area (Å²) in [6.07, 6.45) is 0.728. The predicted molar refractivity (Wildman–Crippen MR) is 68.1 cm³/mol. The number of aryl methyl sites for hydroxylation is 2. The number of carbonyl (C=O) groups excluding carboxylic acids is 1. The molecule has 0 bridgehead atoms. The number of oxazole rings is 1. The van der Waals surface area contributed by atoms with E-state index >= 15 is 0 Å². The zero-order valence-corrected chi connectivity index (χ0v) is 11.7. The van der Waals surface area contributed by atoms with Crippen molar-refractivity contribution in [2.24, 2.45) is 5.92 Å². The minimum absolute atomic E-state index is 0.247. The highest BCUT2D eigenvalue weighted by Gasteiger charge is 2.20. The summed E-state index contributed by atoms with van der Waals surface area (Å²) >= 11 is 0. The Morgan fingerprint density at radius 1 is 1.44 bits per heavy atom. The lowest BCUT2D eigenvalue weighted by molar-refractivity contribution is -0.143. The number of rotatable bonds is 6. The van der Waals surface area contributed by atoms with E-state index in [9.17, 15) is 4.79 Å². The Labute approximate surface area is 108 Å². The monoisotopic (exact) mass is 254 g/mol. The summed E-state index contributed by atoms with van der Waals surface area (Å²) in [6, 6.07) is -0.317. The lowest BCUT2D eigenvalue weighted by Crippen LogP contribution is -2.38. The second-order valence-electron chi connectivity index (χ2n) is 4.84. The van der Waals surface area contributed by atoms with E-state index in [2.05, 4.69) is 24.1 Å². The van der Waals surface area contributed by atoms with Crippen LogP contribution in [0.15, 0.2) is 4.42 Å². The number of aromatic nitrogens is 1. The van der Waals surface area contributed by atoms with Crippen molar-refractivity contribution in [1.82, 2.24) is 10.3 Å². The number of ether oxygens (including phenoxy) is 1. The molecule has 0 aliphatic heterocycles. The van der Waals surface area contributed by atoms with Crippen LogP contribution in [-0.4, -0.2) is 24.1 Å². The van der Waals surface area contributed by atoms with Gasteiger partial charge in [-0.25, -0.2) is 4.98 Å². The molecule has 0 aliphatic carbocycles. The van der Waals surface area contributed by atoms with Crippen LogP contribution in [0.3, 0.4) is 0 Å². The van der Waals surface area contributed by atoms with Crippen molar-refractivity contribution in [2.45, 2.75) is 46.7 Å². The topological polar surface area (TPSA) is 64.4 Å². The molecular weight excluding hydrogens is 232 g/mol. The van der Waals surface area contributed by atoms with Crippen molar-refractivity contribution in [1.29, 1.82) is 0 Å². The Kier molecular flexibility index (Phi) is 5.34. The SMILES string of the molecule is COC(=O)C(CC(C)C)NCc1nc(C)c(C)o1. The van der Waals surface area contributed by atoms with Gasteiger partial charge in [0.15, 0.2) is 0 Å². The molecule has 1 rings (SSSR count). The van der Waals surface area contributed by atoms with E-state index in [-0.39, 0.29) is 12.0 Å². The first kappa shape index (κ1) is 14.7. The molecule has 0 radical (unpaired) electrons. The average molecular weight is 254 g/mol. The molecule has 1 N–H and O–H groups in total. The summed E-state index contributed by atoms with van der Waals surface area (Å²) in [4.78, 5) is 15.9. The summed E-state index contributed by atoms with van der Waals surface area (Å²) in [5, 5.41) is 3.13. The molecule has 102 valence electrons. The molecule has 0 fully saturated rings. The van der Waals surface area contributed by atoms with Gasteiger partial charge in [-0.1, -0.05) is 13.8 Å². The fourth-order valence-corrected chi connectivity index (χ4v) is 1.70. The smallest absolute Gasteiger partial charge is 0.322 e. The largest absolute Gasteiger partial charge is 0.468 e. The molecule has 5 nitrogen and oxygen atoms in total. The lowest BCUT2D eigenvalue weighted by Gasteiger charge is -2.17. The van der Waals surface area contributed by atoms with Crippen molar-refractivity contribution < 1.29 is 13.9 Å². The number of carbonyl (C=O) groups is 1. The summed E-state index contributed by atoms with van der Waals surface area (Å²) < 4.78 is 10.2. The Bertz CT molecular complexity index is 379. The minimum atomic E-state index is -0.317. The van der Waals surface area contributed by atoms with E-state index in [0.29, 0.717) is 18.4 Å². The second kappa shape index (κ2) is 6.54. The molecule has 1 heterocycles. The van der Waals surface area contributed by atoms with E-state index in [1.54, 1.807) is 0 Å². The van der Waals surface area contributed by atoms with Crippen molar-refractivity contribution in [2.75, 3.05) is 7.11 Å². The van der Waals surface area contributed by atoms with Crippen molar-refractivity contribution in [3.63, 3.8) is 0 Å². The van der Waals surface area contributed by atoms with Gasteiger partial charge in [-0.3, -0.25) is 10.1 Å². The fraction of sp³-hybridized carbons (Fsp3) is 0.692. The third-order valence-electron chi connectivity index (χ3n) is 2.77. The van der Waals surface area contributed by atoms with E-state index in [0.717, 1.165) is 17.9 Å². The van der Waals surface area contributed by atoms with Crippen LogP contribution in [0.2, 0.25) is 0 Å². The van der Waals surface area contributed by atoms with E-state index in [4.69, 9.17) is 9.15 Å². The van der Waals surface area contributed by atoms with Gasteiger partial charge in [0.1, 0.15) is 11.8 Å². The van der Waals surface area contributed by atoms with Gasteiger partial charge in [-0.05, 0) is 26.2 Å². The quantitative estimate of drug-likeness (QED) is 0.786. The molecule has 1 unspecified atom stereocenters. The maximum absolute atomic E-state index is 11.6. The maximum atomic E-state index is 11.6. The number of methoxy groups -OCH3 is 1. The first-order valence-corrected chi connectivity index (χ1v) is 6.18. The van der Waals surface area contributed by atoms with Gasteiger partial charge in [-0.15, -0.1) is 0 Å². The third kappa shape index (κ3) is 4.14. The maximum Gasteiger partial charge on any atom is 0.322 e. The van der Waals surface area contributed by atoms with Crippen LogP contribution < -0.4 is 5.32 Å². The van der Waals surface area contributed by atoms with Gasteiger partial charge in [0.25, 0.3) is 0 Å². The first-order chi connectivity index (χ1) is 8.43. The molecule has 18 heavy (non-hydrogen) atoms. The molecule has 0 amide bonds. The number of hydrogen-bond acceptors (Lipinski definition) is 5. The van der Waals surface area contributed by atoms with Crippen molar-refractivity contribution in [3.05, 3.63) is 17.3 Å². The average Bonchev–Trinajstić information content (AvgIpc) is 2.62. The fourth-order valence-electron chi connectivity index (χ4n) is 1.70. The van der Waals surface area contributed by atoms with Crippen LogP contribution in [0.25, 0.3) is 0 Å². The molecule has 0 saturated heterocycles. The Hall–Kier alpha value is -1.36. The molecule has 1 atom stereocenters. The highest BCUT2D eigenvalue weighted by molar-refractivity contribution is 5.75. The number of hydrogen-bond donors (Lipinski definition) is 1. The van der Waals surface area contributed by atoms with Gasteiger partial charge in [-0.2, -0.15) is 0 Å². The van der Waals surface area contributed by atoms with E-state index in [1.165, 1.54) is 7.11 Å². The first-order valence-electron chi connectivity index (χ1n) is 6.18. The summed E-state index contributed by atoms with van der Waals surface area (Å²) in [5.74, 6) is 1.58. The minimum Gasteiger partial charge on any atom is -0.468 e. The number of nitrogens with zero attached hydrogens (tertiary/aromatic N) is 1. The molecule has 0 spiro atoms. The highest BCUT2D eigenvalue weighted by Crippen LogP contribution is 2.10. The summed E-state index contributed by atoms with van der Waals surface area (Å²) in [5.41, 5.74) is 0.880. The normalized spacial score (nSPS) is 12.8. The van der Waals surface area contributed by atoms with Gasteiger partial charge in [0, 0.05) is 0 Å². The Morgan fingerprint density at radius 3 is 2.56 bits per heavy atom. The summed E-state index contributed by atoms with van der Waals surface area (Å²) in [6.45, 7) is 8.33. The zero-order chi connectivity index (χ0) is 13.7.